The molecule has 3 heterocycles. The number of rotatable bonds is 3. The zero-order chi connectivity index (χ0) is 17.6. The van der Waals surface area contributed by atoms with E-state index in [1.165, 1.54) is 0 Å². The van der Waals surface area contributed by atoms with Crippen molar-refractivity contribution in [3.63, 3.8) is 0 Å². The molecule has 6 nitrogen and oxygen atoms in total. The Morgan fingerprint density at radius 3 is 2.68 bits per heavy atom. The Kier molecular flexibility index (Phi) is 3.75. The van der Waals surface area contributed by atoms with Gasteiger partial charge in [-0.1, -0.05) is 13.8 Å². The van der Waals surface area contributed by atoms with E-state index in [9.17, 15) is 5.26 Å². The van der Waals surface area contributed by atoms with Crippen LogP contribution in [0, 0.1) is 23.7 Å². The van der Waals surface area contributed by atoms with Crippen molar-refractivity contribution in [3.05, 3.63) is 35.2 Å². The largest absolute Gasteiger partial charge is 0.425 e. The van der Waals surface area contributed by atoms with Gasteiger partial charge in [0.05, 0.1) is 5.56 Å². The third kappa shape index (κ3) is 2.78. The molecule has 6 heteroatoms. The molecule has 1 aliphatic heterocycles. The predicted molar refractivity (Wildman–Crippen MR) is 93.3 cm³/mol. The molecule has 1 atom stereocenters. The maximum Gasteiger partial charge on any atom is 0.220 e. The van der Waals surface area contributed by atoms with Crippen LogP contribution in [0.5, 0.6) is 0 Å². The van der Waals surface area contributed by atoms with E-state index in [0.29, 0.717) is 16.9 Å². The second kappa shape index (κ2) is 5.83. The molecule has 25 heavy (non-hydrogen) atoms. The topological polar surface area (TPSA) is 78.8 Å². The van der Waals surface area contributed by atoms with Gasteiger partial charge in [-0.05, 0) is 43.7 Å². The van der Waals surface area contributed by atoms with Crippen molar-refractivity contribution in [1.82, 2.24) is 15.2 Å². The van der Waals surface area contributed by atoms with Crippen LogP contribution in [0.15, 0.2) is 16.5 Å². The van der Waals surface area contributed by atoms with Gasteiger partial charge in [-0.3, -0.25) is 0 Å². The highest BCUT2D eigenvalue weighted by molar-refractivity contribution is 5.54. The van der Waals surface area contributed by atoms with Gasteiger partial charge in [-0.25, -0.2) is 4.98 Å². The summed E-state index contributed by atoms with van der Waals surface area (Å²) >= 11 is 0. The van der Waals surface area contributed by atoms with E-state index in [-0.39, 0.29) is 5.92 Å². The summed E-state index contributed by atoms with van der Waals surface area (Å²) < 4.78 is 5.87. The summed E-state index contributed by atoms with van der Waals surface area (Å²) in [5, 5.41) is 17.8. The van der Waals surface area contributed by atoms with Crippen molar-refractivity contribution in [2.45, 2.75) is 51.9 Å². The number of aromatic nitrogens is 3. The number of hydrogen-bond donors (Lipinski definition) is 0. The van der Waals surface area contributed by atoms with Gasteiger partial charge in [0.25, 0.3) is 0 Å². The summed E-state index contributed by atoms with van der Waals surface area (Å²) in [7, 11) is 0. The normalized spacial score (nSPS) is 21.6. The molecule has 1 aliphatic carbocycles. The van der Waals surface area contributed by atoms with Gasteiger partial charge < -0.3 is 9.32 Å². The standard InChI is InChI=1S/C19H23N5O/c1-12(2)17-22-23-18(25-17)15-10-19(15)6-8-24(9-7-19)16-14(11-20)5-4-13(3)21-16/h4-5,12,15H,6-10H2,1-3H3. The van der Waals surface area contributed by atoms with E-state index >= 15 is 0 Å². The Bertz CT molecular complexity index is 827. The van der Waals surface area contributed by atoms with E-state index in [2.05, 4.69) is 40.0 Å². The fourth-order valence-corrected chi connectivity index (χ4v) is 3.91. The van der Waals surface area contributed by atoms with E-state index in [0.717, 1.165) is 55.6 Å². The molecular formula is C19H23N5O. The Morgan fingerprint density at radius 2 is 2.04 bits per heavy atom. The van der Waals surface area contributed by atoms with Crippen molar-refractivity contribution >= 4 is 5.82 Å². The molecule has 2 aromatic heterocycles. The molecule has 130 valence electrons. The average molecular weight is 337 g/mol. The Labute approximate surface area is 147 Å². The molecule has 1 unspecified atom stereocenters. The van der Waals surface area contributed by atoms with Crippen molar-refractivity contribution in [2.75, 3.05) is 18.0 Å². The van der Waals surface area contributed by atoms with E-state index in [1.54, 1.807) is 0 Å². The summed E-state index contributed by atoms with van der Waals surface area (Å²) in [4.78, 5) is 6.85. The van der Waals surface area contributed by atoms with Gasteiger partial charge in [-0.15, -0.1) is 10.2 Å². The lowest BCUT2D eigenvalue weighted by molar-refractivity contribution is 0.344. The van der Waals surface area contributed by atoms with Crippen LogP contribution in [0.2, 0.25) is 0 Å². The molecule has 1 saturated heterocycles. The Balaban J connectivity index is 1.46. The first-order chi connectivity index (χ1) is 12.0. The average Bonchev–Trinajstić information content (AvgIpc) is 3.07. The number of nitriles is 1. The first-order valence-corrected chi connectivity index (χ1v) is 8.98. The number of nitrogens with zero attached hydrogens (tertiary/aromatic N) is 5. The molecule has 2 fully saturated rings. The predicted octanol–water partition coefficient (Wildman–Crippen LogP) is 3.54. The van der Waals surface area contributed by atoms with Crippen LogP contribution in [-0.4, -0.2) is 28.3 Å². The first-order valence-electron chi connectivity index (χ1n) is 8.98. The molecule has 0 bridgehead atoms. The number of aryl methyl sites for hydroxylation is 1. The first kappa shape index (κ1) is 16.1. The molecule has 1 saturated carbocycles. The van der Waals surface area contributed by atoms with Gasteiger partial charge >= 0.3 is 0 Å². The molecule has 1 spiro atoms. The third-order valence-corrected chi connectivity index (χ3v) is 5.63. The minimum Gasteiger partial charge on any atom is -0.425 e. The zero-order valence-corrected chi connectivity index (χ0v) is 15.0. The molecule has 0 N–H and O–H groups in total. The Morgan fingerprint density at radius 1 is 1.28 bits per heavy atom. The molecule has 2 aliphatic rings. The van der Waals surface area contributed by atoms with E-state index < -0.39 is 0 Å². The minimum atomic E-state index is 0.273. The molecule has 0 amide bonds. The second-order valence-electron chi connectivity index (χ2n) is 7.67. The number of pyridine rings is 1. The molecule has 0 aromatic carbocycles. The van der Waals surface area contributed by atoms with Crippen LogP contribution in [0.25, 0.3) is 0 Å². The smallest absolute Gasteiger partial charge is 0.220 e. The second-order valence-corrected chi connectivity index (χ2v) is 7.67. The number of hydrogen-bond acceptors (Lipinski definition) is 6. The van der Waals surface area contributed by atoms with Crippen molar-refractivity contribution < 1.29 is 4.42 Å². The fourth-order valence-electron chi connectivity index (χ4n) is 3.91. The molecule has 0 radical (unpaired) electrons. The van der Waals surface area contributed by atoms with Crippen LogP contribution >= 0.6 is 0 Å². The van der Waals surface area contributed by atoms with Crippen LogP contribution in [0.1, 0.15) is 68.0 Å². The van der Waals surface area contributed by atoms with Crippen LogP contribution in [0.3, 0.4) is 0 Å². The number of piperidine rings is 1. The summed E-state index contributed by atoms with van der Waals surface area (Å²) in [6.45, 7) is 7.95. The quantitative estimate of drug-likeness (QED) is 0.852. The number of anilines is 1. The summed E-state index contributed by atoms with van der Waals surface area (Å²) in [6, 6.07) is 6.03. The van der Waals surface area contributed by atoms with Crippen LogP contribution in [0.4, 0.5) is 5.82 Å². The maximum atomic E-state index is 9.35. The lowest BCUT2D eigenvalue weighted by Gasteiger charge is -2.34. The summed E-state index contributed by atoms with van der Waals surface area (Å²) in [6.07, 6.45) is 3.29. The highest BCUT2D eigenvalue weighted by Gasteiger charge is 2.58. The van der Waals surface area contributed by atoms with Crippen LogP contribution < -0.4 is 4.90 Å². The monoisotopic (exact) mass is 337 g/mol. The van der Waals surface area contributed by atoms with Crippen molar-refractivity contribution in [3.8, 4) is 6.07 Å². The molecule has 4 rings (SSSR count). The summed E-state index contributed by atoms with van der Waals surface area (Å²) in [5.74, 6) is 3.04. The lowest BCUT2D eigenvalue weighted by Crippen LogP contribution is -2.36. The van der Waals surface area contributed by atoms with Gasteiger partial charge in [-0.2, -0.15) is 5.26 Å². The van der Waals surface area contributed by atoms with Gasteiger partial charge in [0.15, 0.2) is 0 Å². The van der Waals surface area contributed by atoms with Gasteiger partial charge in [0, 0.05) is 30.6 Å². The van der Waals surface area contributed by atoms with E-state index in [4.69, 9.17) is 4.42 Å². The Hall–Kier alpha value is -2.42. The third-order valence-electron chi connectivity index (χ3n) is 5.63. The van der Waals surface area contributed by atoms with Crippen LogP contribution in [-0.2, 0) is 0 Å². The van der Waals surface area contributed by atoms with E-state index in [1.807, 2.05) is 19.1 Å². The molecule has 2 aromatic rings. The molecular weight excluding hydrogens is 314 g/mol. The van der Waals surface area contributed by atoms with Crippen molar-refractivity contribution in [2.24, 2.45) is 5.41 Å². The highest BCUT2D eigenvalue weighted by atomic mass is 16.4. The SMILES string of the molecule is Cc1ccc(C#N)c(N2CCC3(CC2)CC3c2nnc(C(C)C)o2)n1. The highest BCUT2D eigenvalue weighted by Crippen LogP contribution is 2.64. The minimum absolute atomic E-state index is 0.273. The summed E-state index contributed by atoms with van der Waals surface area (Å²) in [5.41, 5.74) is 1.91. The zero-order valence-electron chi connectivity index (χ0n) is 15.0. The maximum absolute atomic E-state index is 9.35. The lowest BCUT2D eigenvalue weighted by atomic mass is 9.90. The van der Waals surface area contributed by atoms with Gasteiger partial charge in [0.2, 0.25) is 11.8 Å². The van der Waals surface area contributed by atoms with Crippen molar-refractivity contribution in [1.29, 1.82) is 5.26 Å². The fraction of sp³-hybridized carbons (Fsp3) is 0.579. The van der Waals surface area contributed by atoms with Gasteiger partial charge in [0.1, 0.15) is 11.9 Å².